The lowest BCUT2D eigenvalue weighted by atomic mass is 10.1. The van der Waals surface area contributed by atoms with Gasteiger partial charge in [-0.1, -0.05) is 83.7 Å². The van der Waals surface area contributed by atoms with Crippen LogP contribution in [0.15, 0.2) is 48.6 Å². The first-order chi connectivity index (χ1) is 11.6. The Morgan fingerprint density at radius 1 is 0.520 bits per heavy atom. The van der Waals surface area contributed by atoms with Crippen molar-refractivity contribution >= 4 is 0 Å². The topological polar surface area (TPSA) is 0 Å². The third-order valence-electron chi connectivity index (χ3n) is 4.99. The molecule has 4 rings (SSSR count). The fourth-order valence-electron chi connectivity index (χ4n) is 3.07. The molecule has 4 aliphatic carbocycles. The van der Waals surface area contributed by atoms with E-state index in [9.17, 15) is 0 Å². The van der Waals surface area contributed by atoms with Crippen LogP contribution in [0.5, 0.6) is 0 Å². The molecule has 0 radical (unpaired) electrons. The van der Waals surface area contributed by atoms with E-state index < -0.39 is 0 Å². The lowest BCUT2D eigenvalue weighted by Gasteiger charge is -1.92. The second-order valence-electron chi connectivity index (χ2n) is 8.06. The van der Waals surface area contributed by atoms with E-state index >= 15 is 0 Å². The third-order valence-corrected chi connectivity index (χ3v) is 4.99. The summed E-state index contributed by atoms with van der Waals surface area (Å²) in [5, 5.41) is 0. The highest BCUT2D eigenvalue weighted by molar-refractivity contribution is 4.94. The molecule has 0 heteroatoms. The Hall–Kier alpha value is -1.04. The fourth-order valence-corrected chi connectivity index (χ4v) is 3.07. The van der Waals surface area contributed by atoms with E-state index in [1.165, 1.54) is 51.4 Å². The summed E-state index contributed by atoms with van der Waals surface area (Å²) in [5.74, 6) is 3.60. The maximum Gasteiger partial charge on any atom is -0.0259 e. The summed E-state index contributed by atoms with van der Waals surface area (Å²) in [7, 11) is 0. The van der Waals surface area contributed by atoms with Gasteiger partial charge in [-0.2, -0.15) is 0 Å². The molecule has 4 aliphatic rings. The lowest BCUT2D eigenvalue weighted by Crippen LogP contribution is -1.79. The predicted molar refractivity (Wildman–Crippen MR) is 117 cm³/mol. The Bertz CT molecular complexity index is 354. The van der Waals surface area contributed by atoms with Crippen molar-refractivity contribution < 1.29 is 0 Å². The smallest absolute Gasteiger partial charge is 0.0259 e. The van der Waals surface area contributed by atoms with Gasteiger partial charge in [0, 0.05) is 0 Å². The van der Waals surface area contributed by atoms with Crippen molar-refractivity contribution in [2.24, 2.45) is 23.7 Å². The first-order valence-electron chi connectivity index (χ1n) is 10.2. The largest absolute Gasteiger partial charge is 0.0883 e. The number of allylic oxidation sites excluding steroid dienone is 8. The van der Waals surface area contributed by atoms with E-state index in [0.29, 0.717) is 0 Å². The van der Waals surface area contributed by atoms with Crippen LogP contribution in [-0.4, -0.2) is 0 Å². The van der Waals surface area contributed by atoms with E-state index in [1.807, 2.05) is 0 Å². The van der Waals surface area contributed by atoms with Crippen LogP contribution >= 0.6 is 0 Å². The fraction of sp³-hybridized carbons (Fsp3) is 0.680. The lowest BCUT2D eigenvalue weighted by molar-refractivity contribution is 0.638. The van der Waals surface area contributed by atoms with Gasteiger partial charge in [-0.3, -0.25) is 0 Å². The molecule has 0 saturated heterocycles. The molecule has 0 aromatic heterocycles. The summed E-state index contributed by atoms with van der Waals surface area (Å²) in [6.45, 7) is 9.06. The highest BCUT2D eigenvalue weighted by Gasteiger charge is 2.01. The minimum Gasteiger partial charge on any atom is -0.0883 e. The van der Waals surface area contributed by atoms with Gasteiger partial charge in [-0.25, -0.2) is 0 Å². The van der Waals surface area contributed by atoms with Gasteiger partial charge in [-0.05, 0) is 75.0 Å². The molecule has 0 spiro atoms. The Morgan fingerprint density at radius 3 is 0.920 bits per heavy atom. The molecule has 0 N–H and O–H groups in total. The molecule has 0 heterocycles. The molecule has 2 unspecified atom stereocenters. The van der Waals surface area contributed by atoms with Crippen LogP contribution in [0.1, 0.15) is 86.5 Å². The number of rotatable bonds is 0. The van der Waals surface area contributed by atoms with Crippen molar-refractivity contribution in [3.8, 4) is 0 Å². The summed E-state index contributed by atoms with van der Waals surface area (Å²) >= 11 is 0. The van der Waals surface area contributed by atoms with Crippen LogP contribution in [0.4, 0.5) is 0 Å². The standard InChI is InChI=1S/4C6H10.CH4/c4*1-6-4-2-3-5-6;/h2*2,4,6H,3,5H2,1H3;2*2-3,6H,4-5H2,1H3;1H4. The molecule has 0 saturated carbocycles. The van der Waals surface area contributed by atoms with Crippen molar-refractivity contribution in [1.82, 2.24) is 0 Å². The zero-order valence-corrected chi connectivity index (χ0v) is 16.6. The SMILES string of the molecule is C.CC1C=CCC1.CC1C=CCC1.CC1CC=CC1.CC1CC=CC1. The van der Waals surface area contributed by atoms with Gasteiger partial charge < -0.3 is 0 Å². The summed E-state index contributed by atoms with van der Waals surface area (Å²) in [6, 6.07) is 0. The van der Waals surface area contributed by atoms with Crippen LogP contribution in [0.2, 0.25) is 0 Å². The average molecular weight is 345 g/mol. The summed E-state index contributed by atoms with van der Waals surface area (Å²) in [6.07, 6.45) is 28.7. The quantitative estimate of drug-likeness (QED) is 0.386. The molecule has 2 atom stereocenters. The molecule has 0 amide bonds. The highest BCUT2D eigenvalue weighted by Crippen LogP contribution is 2.16. The monoisotopic (exact) mass is 344 g/mol. The summed E-state index contributed by atoms with van der Waals surface area (Å²) in [4.78, 5) is 0. The van der Waals surface area contributed by atoms with E-state index in [2.05, 4.69) is 76.3 Å². The maximum atomic E-state index is 2.28. The van der Waals surface area contributed by atoms with Crippen LogP contribution in [0.3, 0.4) is 0 Å². The zero-order chi connectivity index (χ0) is 17.6. The van der Waals surface area contributed by atoms with Gasteiger partial charge in [-0.15, -0.1) is 0 Å². The second kappa shape index (κ2) is 15.2. The molecule has 0 nitrogen and oxygen atoms in total. The molecular formula is C25H44. The summed E-state index contributed by atoms with van der Waals surface area (Å²) < 4.78 is 0. The predicted octanol–water partition coefficient (Wildman–Crippen LogP) is 8.53. The molecule has 0 aromatic carbocycles. The first kappa shape index (κ1) is 24.0. The molecule has 144 valence electrons. The third kappa shape index (κ3) is 13.9. The minimum atomic E-state index is 0. The Balaban J connectivity index is 0.000000303. The minimum absolute atomic E-state index is 0. The Kier molecular flexibility index (Phi) is 14.6. The van der Waals surface area contributed by atoms with Crippen LogP contribution in [0, 0.1) is 23.7 Å². The average Bonchev–Trinajstić information content (AvgIpc) is 3.31. The molecule has 0 aliphatic heterocycles. The highest BCUT2D eigenvalue weighted by atomic mass is 14.1. The Morgan fingerprint density at radius 2 is 0.840 bits per heavy atom. The maximum absolute atomic E-state index is 2.28. The van der Waals surface area contributed by atoms with Crippen molar-refractivity contribution in [2.75, 3.05) is 0 Å². The molecule has 0 aromatic rings. The van der Waals surface area contributed by atoms with Crippen LogP contribution in [0.25, 0.3) is 0 Å². The summed E-state index contributed by atoms with van der Waals surface area (Å²) in [5.41, 5.74) is 0. The van der Waals surface area contributed by atoms with Gasteiger partial charge >= 0.3 is 0 Å². The van der Waals surface area contributed by atoms with Gasteiger partial charge in [0.2, 0.25) is 0 Å². The van der Waals surface area contributed by atoms with Gasteiger partial charge in [0.1, 0.15) is 0 Å². The van der Waals surface area contributed by atoms with Crippen molar-refractivity contribution in [3.63, 3.8) is 0 Å². The molecule has 0 fully saturated rings. The van der Waals surface area contributed by atoms with Crippen LogP contribution < -0.4 is 0 Å². The van der Waals surface area contributed by atoms with Crippen molar-refractivity contribution in [2.45, 2.75) is 86.5 Å². The van der Waals surface area contributed by atoms with Crippen molar-refractivity contribution in [3.05, 3.63) is 48.6 Å². The van der Waals surface area contributed by atoms with Gasteiger partial charge in [0.05, 0.1) is 0 Å². The second-order valence-corrected chi connectivity index (χ2v) is 8.06. The molecular weight excluding hydrogens is 300 g/mol. The van der Waals surface area contributed by atoms with E-state index in [-0.39, 0.29) is 7.43 Å². The molecule has 25 heavy (non-hydrogen) atoms. The van der Waals surface area contributed by atoms with E-state index in [0.717, 1.165) is 23.7 Å². The van der Waals surface area contributed by atoms with E-state index in [1.54, 1.807) is 0 Å². The number of hydrogen-bond acceptors (Lipinski definition) is 0. The first-order valence-corrected chi connectivity index (χ1v) is 10.2. The van der Waals surface area contributed by atoms with Gasteiger partial charge in [0.25, 0.3) is 0 Å². The van der Waals surface area contributed by atoms with Gasteiger partial charge in [0.15, 0.2) is 0 Å². The van der Waals surface area contributed by atoms with Crippen molar-refractivity contribution in [1.29, 1.82) is 0 Å². The Labute approximate surface area is 159 Å². The normalized spacial score (nSPS) is 26.2. The molecule has 0 bridgehead atoms. The van der Waals surface area contributed by atoms with E-state index in [4.69, 9.17) is 0 Å². The van der Waals surface area contributed by atoms with Crippen LogP contribution in [-0.2, 0) is 0 Å². The zero-order valence-electron chi connectivity index (χ0n) is 16.6. The number of hydrogen-bond donors (Lipinski definition) is 0.